The molecule has 3 saturated heterocycles. The van der Waals surface area contributed by atoms with Gasteiger partial charge in [0.1, 0.15) is 0 Å². The molecule has 0 radical (unpaired) electrons. The van der Waals surface area contributed by atoms with E-state index in [4.69, 9.17) is 9.47 Å². The molecule has 3 rings (SSSR count). The normalized spacial score (nSPS) is 38.4. The van der Waals surface area contributed by atoms with Crippen LogP contribution in [-0.4, -0.2) is 48.0 Å². The number of hydrogen-bond acceptors (Lipinski definition) is 4. The zero-order valence-electron chi connectivity index (χ0n) is 11.2. The first-order valence-corrected chi connectivity index (χ1v) is 8.35. The lowest BCUT2D eigenvalue weighted by molar-refractivity contribution is -0.171. The van der Waals surface area contributed by atoms with Gasteiger partial charge in [-0.1, -0.05) is 0 Å². The molecule has 3 fully saturated rings. The minimum absolute atomic E-state index is 0.0334. The Balaban J connectivity index is 1.80. The van der Waals surface area contributed by atoms with Crippen LogP contribution in [0.5, 0.6) is 0 Å². The molecule has 0 aromatic heterocycles. The Morgan fingerprint density at radius 1 is 1.21 bits per heavy atom. The third-order valence-electron chi connectivity index (χ3n) is 5.15. The molecule has 5 heteroatoms. The van der Waals surface area contributed by atoms with Gasteiger partial charge in [0.25, 0.3) is 0 Å². The Kier molecular flexibility index (Phi) is 3.80. The minimum Gasteiger partial charge on any atom is -0.481 e. The fourth-order valence-electron chi connectivity index (χ4n) is 3.90. The summed E-state index contributed by atoms with van der Waals surface area (Å²) < 4.78 is 11.4. The zero-order valence-corrected chi connectivity index (χ0v) is 12.0. The summed E-state index contributed by atoms with van der Waals surface area (Å²) in [6.07, 6.45) is 4.22. The van der Waals surface area contributed by atoms with Gasteiger partial charge in [0, 0.05) is 25.6 Å². The number of rotatable bonds is 2. The van der Waals surface area contributed by atoms with Crippen LogP contribution in [0, 0.1) is 11.3 Å². The Morgan fingerprint density at radius 3 is 2.63 bits per heavy atom. The maximum Gasteiger partial charge on any atom is 0.310 e. The molecule has 4 nitrogen and oxygen atoms in total. The standard InChI is InChI=1S/C14H22O4S/c15-12(16)14(2-6-17-7-3-14)11-1-5-18-13(9-11)4-8-19-10-13/h11H,1-10H2,(H,15,16). The number of ether oxygens (including phenoxy) is 2. The predicted octanol–water partition coefficient (Wildman–Crippen LogP) is 2.17. The Morgan fingerprint density at radius 2 is 2.00 bits per heavy atom. The molecular formula is C14H22O4S. The highest BCUT2D eigenvalue weighted by atomic mass is 32.2. The molecule has 3 heterocycles. The molecule has 2 unspecified atom stereocenters. The van der Waals surface area contributed by atoms with E-state index in [2.05, 4.69) is 0 Å². The summed E-state index contributed by atoms with van der Waals surface area (Å²) in [5.74, 6) is 1.82. The van der Waals surface area contributed by atoms with Crippen molar-refractivity contribution >= 4 is 17.7 Å². The molecule has 0 amide bonds. The lowest BCUT2D eigenvalue weighted by atomic mass is 9.64. The molecule has 0 bridgehead atoms. The number of hydrogen-bond donors (Lipinski definition) is 1. The van der Waals surface area contributed by atoms with Crippen LogP contribution in [0.2, 0.25) is 0 Å². The molecule has 0 aliphatic carbocycles. The van der Waals surface area contributed by atoms with Gasteiger partial charge in [0.15, 0.2) is 0 Å². The monoisotopic (exact) mass is 286 g/mol. The van der Waals surface area contributed by atoms with Crippen molar-refractivity contribution in [2.45, 2.75) is 37.7 Å². The van der Waals surface area contributed by atoms with Crippen LogP contribution in [0.15, 0.2) is 0 Å². The first-order chi connectivity index (χ1) is 9.17. The third kappa shape index (κ3) is 2.41. The maximum atomic E-state index is 11.9. The lowest BCUT2D eigenvalue weighted by Gasteiger charge is -2.46. The van der Waals surface area contributed by atoms with Crippen molar-refractivity contribution in [1.82, 2.24) is 0 Å². The smallest absolute Gasteiger partial charge is 0.310 e. The Labute approximate surface area is 118 Å². The van der Waals surface area contributed by atoms with E-state index in [1.807, 2.05) is 11.8 Å². The second-order valence-corrected chi connectivity index (χ2v) is 7.20. The molecule has 0 aromatic rings. The van der Waals surface area contributed by atoms with Crippen molar-refractivity contribution in [3.05, 3.63) is 0 Å². The first kappa shape index (κ1) is 13.7. The molecule has 0 aromatic carbocycles. The summed E-state index contributed by atoms with van der Waals surface area (Å²) >= 11 is 1.94. The highest BCUT2D eigenvalue weighted by Gasteiger charge is 2.52. The van der Waals surface area contributed by atoms with Crippen molar-refractivity contribution in [2.24, 2.45) is 11.3 Å². The average Bonchev–Trinajstić information content (AvgIpc) is 2.87. The number of carboxylic acids is 1. The van der Waals surface area contributed by atoms with Gasteiger partial charge in [-0.15, -0.1) is 0 Å². The van der Waals surface area contributed by atoms with Crippen molar-refractivity contribution in [3.8, 4) is 0 Å². The quantitative estimate of drug-likeness (QED) is 0.843. The number of thioether (sulfide) groups is 1. The van der Waals surface area contributed by atoms with Gasteiger partial charge < -0.3 is 14.6 Å². The van der Waals surface area contributed by atoms with Crippen molar-refractivity contribution in [3.63, 3.8) is 0 Å². The average molecular weight is 286 g/mol. The summed E-state index contributed by atoms with van der Waals surface area (Å²) in [4.78, 5) is 11.9. The number of carbonyl (C=O) groups is 1. The van der Waals surface area contributed by atoms with Crippen LogP contribution >= 0.6 is 11.8 Å². The van der Waals surface area contributed by atoms with Gasteiger partial charge in [-0.3, -0.25) is 4.79 Å². The molecule has 3 aliphatic heterocycles. The second kappa shape index (κ2) is 5.26. The number of carboxylic acid groups (broad SMARTS) is 1. The number of aliphatic carboxylic acids is 1. The summed E-state index contributed by atoms with van der Waals surface area (Å²) in [7, 11) is 0. The van der Waals surface area contributed by atoms with Crippen LogP contribution in [0.3, 0.4) is 0 Å². The van der Waals surface area contributed by atoms with E-state index in [1.54, 1.807) is 0 Å². The topological polar surface area (TPSA) is 55.8 Å². The van der Waals surface area contributed by atoms with Gasteiger partial charge >= 0.3 is 5.97 Å². The summed E-state index contributed by atoms with van der Waals surface area (Å²) in [6, 6.07) is 0. The van der Waals surface area contributed by atoms with Crippen LogP contribution in [0.1, 0.15) is 32.1 Å². The lowest BCUT2D eigenvalue weighted by Crippen LogP contribution is -2.50. The van der Waals surface area contributed by atoms with E-state index < -0.39 is 11.4 Å². The van der Waals surface area contributed by atoms with Gasteiger partial charge in [0.05, 0.1) is 11.0 Å². The van der Waals surface area contributed by atoms with Crippen LogP contribution in [-0.2, 0) is 14.3 Å². The van der Waals surface area contributed by atoms with E-state index in [0.717, 1.165) is 37.4 Å². The molecule has 0 saturated carbocycles. The van der Waals surface area contributed by atoms with Crippen molar-refractivity contribution < 1.29 is 19.4 Å². The Hall–Kier alpha value is -0.260. The molecule has 19 heavy (non-hydrogen) atoms. The predicted molar refractivity (Wildman–Crippen MR) is 73.5 cm³/mol. The van der Waals surface area contributed by atoms with E-state index >= 15 is 0 Å². The second-order valence-electron chi connectivity index (χ2n) is 6.10. The third-order valence-corrected chi connectivity index (χ3v) is 6.38. The Bertz CT molecular complexity index is 345. The minimum atomic E-state index is -0.622. The van der Waals surface area contributed by atoms with Crippen LogP contribution in [0.25, 0.3) is 0 Å². The van der Waals surface area contributed by atoms with Crippen molar-refractivity contribution in [2.75, 3.05) is 31.3 Å². The molecule has 1 N–H and O–H groups in total. The largest absolute Gasteiger partial charge is 0.481 e. The summed E-state index contributed by atoms with van der Waals surface area (Å²) in [5.41, 5.74) is -0.601. The van der Waals surface area contributed by atoms with Gasteiger partial charge in [-0.05, 0) is 43.8 Å². The van der Waals surface area contributed by atoms with Crippen LogP contribution in [0.4, 0.5) is 0 Å². The van der Waals surface area contributed by atoms with E-state index in [-0.39, 0.29) is 11.5 Å². The van der Waals surface area contributed by atoms with Gasteiger partial charge in [0.2, 0.25) is 0 Å². The highest BCUT2D eigenvalue weighted by Crippen LogP contribution is 2.49. The fourth-order valence-corrected chi connectivity index (χ4v) is 5.27. The summed E-state index contributed by atoms with van der Waals surface area (Å²) in [5, 5.41) is 9.77. The molecule has 2 atom stereocenters. The van der Waals surface area contributed by atoms with E-state index in [0.29, 0.717) is 26.1 Å². The molecule has 3 aliphatic rings. The maximum absolute atomic E-state index is 11.9. The SMILES string of the molecule is O=C(O)C1(C2CCOC3(CCSC3)C2)CCOCC1. The van der Waals surface area contributed by atoms with Crippen LogP contribution < -0.4 is 0 Å². The van der Waals surface area contributed by atoms with Crippen molar-refractivity contribution in [1.29, 1.82) is 0 Å². The van der Waals surface area contributed by atoms with Gasteiger partial charge in [-0.25, -0.2) is 0 Å². The van der Waals surface area contributed by atoms with E-state index in [9.17, 15) is 9.90 Å². The summed E-state index contributed by atoms with van der Waals surface area (Å²) in [6.45, 7) is 1.90. The molecular weight excluding hydrogens is 264 g/mol. The van der Waals surface area contributed by atoms with E-state index in [1.165, 1.54) is 0 Å². The fraction of sp³-hybridized carbons (Fsp3) is 0.929. The zero-order chi connectivity index (χ0) is 13.3. The highest BCUT2D eigenvalue weighted by molar-refractivity contribution is 7.99. The molecule has 108 valence electrons. The molecule has 1 spiro atoms. The first-order valence-electron chi connectivity index (χ1n) is 7.20. The van der Waals surface area contributed by atoms with Gasteiger partial charge in [-0.2, -0.15) is 11.8 Å².